The van der Waals surface area contributed by atoms with Crippen molar-refractivity contribution in [2.75, 3.05) is 33.2 Å². The standard InChI is InChI=1S/C16H28N2/c1-3-13-4-5-14-11-18(12-15(14)10-13)16-6-8-17(2)9-7-16/h3,14-16H,4-12H2,1-2H3/b13-3-. The predicted octanol–water partition coefficient (Wildman–Crippen LogP) is 2.76. The summed E-state index contributed by atoms with van der Waals surface area (Å²) in [7, 11) is 2.26. The highest BCUT2D eigenvalue weighted by Gasteiger charge is 2.38. The van der Waals surface area contributed by atoms with E-state index in [0.717, 1.165) is 17.9 Å². The Balaban J connectivity index is 1.58. The summed E-state index contributed by atoms with van der Waals surface area (Å²) in [5.74, 6) is 1.98. The van der Waals surface area contributed by atoms with E-state index in [9.17, 15) is 0 Å². The van der Waals surface area contributed by atoms with Crippen molar-refractivity contribution in [3.8, 4) is 0 Å². The maximum atomic E-state index is 2.83. The molecule has 3 rings (SSSR count). The van der Waals surface area contributed by atoms with Crippen LogP contribution in [0.25, 0.3) is 0 Å². The van der Waals surface area contributed by atoms with Crippen molar-refractivity contribution in [3.05, 3.63) is 11.6 Å². The topological polar surface area (TPSA) is 6.48 Å². The fourth-order valence-corrected chi connectivity index (χ4v) is 4.26. The van der Waals surface area contributed by atoms with Gasteiger partial charge in [-0.05, 0) is 71.0 Å². The minimum absolute atomic E-state index is 0.890. The van der Waals surface area contributed by atoms with Gasteiger partial charge in [-0.3, -0.25) is 4.90 Å². The van der Waals surface area contributed by atoms with E-state index in [4.69, 9.17) is 0 Å². The summed E-state index contributed by atoms with van der Waals surface area (Å²) in [6.07, 6.45) is 9.38. The molecule has 2 nitrogen and oxygen atoms in total. The Morgan fingerprint density at radius 1 is 1.06 bits per heavy atom. The first kappa shape index (κ1) is 12.7. The third kappa shape index (κ3) is 2.50. The summed E-state index contributed by atoms with van der Waals surface area (Å²) < 4.78 is 0. The molecule has 2 saturated heterocycles. The molecule has 2 aliphatic heterocycles. The van der Waals surface area contributed by atoms with Crippen LogP contribution in [-0.4, -0.2) is 49.1 Å². The van der Waals surface area contributed by atoms with Gasteiger partial charge in [-0.1, -0.05) is 11.6 Å². The van der Waals surface area contributed by atoms with Crippen molar-refractivity contribution in [3.63, 3.8) is 0 Å². The SMILES string of the molecule is C/C=C1/CCC2CN(C3CCN(C)CC3)CC2C1. The summed E-state index contributed by atoms with van der Waals surface area (Å²) in [6, 6.07) is 0.890. The molecule has 2 heteroatoms. The number of hydrogen-bond donors (Lipinski definition) is 0. The van der Waals surface area contributed by atoms with Gasteiger partial charge >= 0.3 is 0 Å². The molecular formula is C16H28N2. The van der Waals surface area contributed by atoms with Gasteiger partial charge in [0.05, 0.1) is 0 Å². The lowest BCUT2D eigenvalue weighted by molar-refractivity contribution is 0.138. The number of fused-ring (bicyclic) bond motifs is 1. The maximum absolute atomic E-state index is 2.83. The molecular weight excluding hydrogens is 220 g/mol. The second kappa shape index (κ2) is 5.34. The summed E-state index contributed by atoms with van der Waals surface area (Å²) in [6.45, 7) is 7.61. The molecule has 2 atom stereocenters. The van der Waals surface area contributed by atoms with Crippen molar-refractivity contribution >= 4 is 0 Å². The number of allylic oxidation sites excluding steroid dienone is 2. The lowest BCUT2D eigenvalue weighted by Crippen LogP contribution is -2.42. The number of rotatable bonds is 1. The van der Waals surface area contributed by atoms with E-state index in [-0.39, 0.29) is 0 Å². The van der Waals surface area contributed by atoms with Crippen LogP contribution in [0.1, 0.15) is 39.0 Å². The summed E-state index contributed by atoms with van der Waals surface area (Å²) in [5.41, 5.74) is 1.72. The smallest absolute Gasteiger partial charge is 0.0120 e. The van der Waals surface area contributed by atoms with Crippen LogP contribution in [-0.2, 0) is 0 Å². The monoisotopic (exact) mass is 248 g/mol. The van der Waals surface area contributed by atoms with E-state index in [1.54, 1.807) is 5.57 Å². The van der Waals surface area contributed by atoms with Gasteiger partial charge in [-0.15, -0.1) is 0 Å². The molecule has 0 spiro atoms. The molecule has 3 fully saturated rings. The first-order valence-corrected chi connectivity index (χ1v) is 7.83. The lowest BCUT2D eigenvalue weighted by Gasteiger charge is -2.35. The van der Waals surface area contributed by atoms with E-state index in [0.29, 0.717) is 0 Å². The van der Waals surface area contributed by atoms with Gasteiger partial charge < -0.3 is 4.90 Å². The van der Waals surface area contributed by atoms with Crippen molar-refractivity contribution in [2.24, 2.45) is 11.8 Å². The van der Waals surface area contributed by atoms with Crippen LogP contribution in [0.5, 0.6) is 0 Å². The fraction of sp³-hybridized carbons (Fsp3) is 0.875. The fourth-order valence-electron chi connectivity index (χ4n) is 4.26. The molecule has 0 N–H and O–H groups in total. The van der Waals surface area contributed by atoms with Gasteiger partial charge in [0.25, 0.3) is 0 Å². The van der Waals surface area contributed by atoms with E-state index in [1.165, 1.54) is 58.3 Å². The number of hydrogen-bond acceptors (Lipinski definition) is 2. The zero-order valence-corrected chi connectivity index (χ0v) is 12.1. The molecule has 2 heterocycles. The normalized spacial score (nSPS) is 38.2. The minimum Gasteiger partial charge on any atom is -0.306 e. The molecule has 0 radical (unpaired) electrons. The molecule has 102 valence electrons. The molecule has 18 heavy (non-hydrogen) atoms. The van der Waals surface area contributed by atoms with Gasteiger partial charge in [-0.25, -0.2) is 0 Å². The Kier molecular flexibility index (Phi) is 3.76. The van der Waals surface area contributed by atoms with Gasteiger partial charge in [0.1, 0.15) is 0 Å². The molecule has 3 aliphatic rings. The largest absolute Gasteiger partial charge is 0.306 e. The van der Waals surface area contributed by atoms with Crippen LogP contribution in [0.15, 0.2) is 11.6 Å². The molecule has 0 amide bonds. The van der Waals surface area contributed by atoms with Crippen LogP contribution in [0.3, 0.4) is 0 Å². The minimum atomic E-state index is 0.890. The van der Waals surface area contributed by atoms with Gasteiger partial charge in [0, 0.05) is 19.1 Å². The number of likely N-dealkylation sites (tertiary alicyclic amines) is 2. The maximum Gasteiger partial charge on any atom is 0.0120 e. The zero-order chi connectivity index (χ0) is 12.5. The molecule has 0 aromatic carbocycles. The first-order chi connectivity index (χ1) is 8.76. The molecule has 2 unspecified atom stereocenters. The van der Waals surface area contributed by atoms with Crippen molar-refractivity contribution < 1.29 is 0 Å². The summed E-state index contributed by atoms with van der Waals surface area (Å²) in [5, 5.41) is 0. The predicted molar refractivity (Wildman–Crippen MR) is 76.7 cm³/mol. The highest BCUT2D eigenvalue weighted by atomic mass is 15.2. The average Bonchev–Trinajstić information content (AvgIpc) is 2.82. The molecule has 1 aliphatic carbocycles. The Hall–Kier alpha value is -0.340. The van der Waals surface area contributed by atoms with Crippen LogP contribution in [0, 0.1) is 11.8 Å². The first-order valence-electron chi connectivity index (χ1n) is 7.83. The molecule has 0 bridgehead atoms. The second-order valence-electron chi connectivity index (χ2n) is 6.70. The Bertz CT molecular complexity index is 315. The van der Waals surface area contributed by atoms with E-state index < -0.39 is 0 Å². The van der Waals surface area contributed by atoms with Crippen LogP contribution in [0.2, 0.25) is 0 Å². The Morgan fingerprint density at radius 2 is 1.78 bits per heavy atom. The Labute approximate surface area is 112 Å². The van der Waals surface area contributed by atoms with Crippen molar-refractivity contribution in [2.45, 2.75) is 45.1 Å². The van der Waals surface area contributed by atoms with Crippen LogP contribution < -0.4 is 0 Å². The van der Waals surface area contributed by atoms with Gasteiger partial charge in [-0.2, -0.15) is 0 Å². The van der Waals surface area contributed by atoms with Crippen molar-refractivity contribution in [1.29, 1.82) is 0 Å². The van der Waals surface area contributed by atoms with Gasteiger partial charge in [0.15, 0.2) is 0 Å². The van der Waals surface area contributed by atoms with Crippen LogP contribution in [0.4, 0.5) is 0 Å². The summed E-state index contributed by atoms with van der Waals surface area (Å²) >= 11 is 0. The van der Waals surface area contributed by atoms with Gasteiger partial charge in [0.2, 0.25) is 0 Å². The van der Waals surface area contributed by atoms with E-state index in [1.807, 2.05) is 0 Å². The second-order valence-corrected chi connectivity index (χ2v) is 6.70. The van der Waals surface area contributed by atoms with Crippen molar-refractivity contribution in [1.82, 2.24) is 9.80 Å². The average molecular weight is 248 g/mol. The zero-order valence-electron chi connectivity index (χ0n) is 12.1. The Morgan fingerprint density at radius 3 is 2.50 bits per heavy atom. The quantitative estimate of drug-likeness (QED) is 0.658. The van der Waals surface area contributed by atoms with E-state index in [2.05, 4.69) is 29.8 Å². The summed E-state index contributed by atoms with van der Waals surface area (Å²) in [4.78, 5) is 5.32. The molecule has 1 saturated carbocycles. The number of piperidine rings is 1. The molecule has 0 aromatic rings. The highest BCUT2D eigenvalue weighted by Crippen LogP contribution is 2.40. The number of nitrogens with zero attached hydrogens (tertiary/aromatic N) is 2. The third-order valence-corrected chi connectivity index (χ3v) is 5.58. The lowest BCUT2D eigenvalue weighted by atomic mass is 9.79. The van der Waals surface area contributed by atoms with E-state index >= 15 is 0 Å². The highest BCUT2D eigenvalue weighted by molar-refractivity contribution is 5.08. The third-order valence-electron chi connectivity index (χ3n) is 5.58. The molecule has 0 aromatic heterocycles. The van der Waals surface area contributed by atoms with Crippen LogP contribution >= 0.6 is 0 Å².